The molecule has 0 aromatic heterocycles. The van der Waals surface area contributed by atoms with E-state index in [0.29, 0.717) is 31.6 Å². The summed E-state index contributed by atoms with van der Waals surface area (Å²) >= 11 is 0. The molecule has 0 bridgehead atoms. The van der Waals surface area contributed by atoms with Gasteiger partial charge in [-0.2, -0.15) is 0 Å². The lowest BCUT2D eigenvalue weighted by Crippen LogP contribution is -2.62. The zero-order valence-corrected chi connectivity index (χ0v) is 15.7. The van der Waals surface area contributed by atoms with E-state index in [1.165, 1.54) is 17.4 Å². The molecule has 0 atom stereocenters. The maximum atomic E-state index is 12.4. The van der Waals surface area contributed by atoms with Crippen LogP contribution in [0.1, 0.15) is 25.3 Å². The number of rotatable bonds is 6. The Morgan fingerprint density at radius 1 is 1.00 bits per heavy atom. The minimum Gasteiger partial charge on any atom is -0.479 e. The van der Waals surface area contributed by atoms with Crippen molar-refractivity contribution in [2.75, 3.05) is 24.5 Å². The first-order chi connectivity index (χ1) is 13.0. The van der Waals surface area contributed by atoms with Gasteiger partial charge in [-0.1, -0.05) is 48.5 Å². The largest absolute Gasteiger partial charge is 0.479 e. The Labute approximate surface area is 160 Å². The molecule has 0 saturated carbocycles. The van der Waals surface area contributed by atoms with Crippen LogP contribution in [0, 0.1) is 0 Å². The second-order valence-corrected chi connectivity index (χ2v) is 7.10. The molecule has 0 aliphatic carbocycles. The summed E-state index contributed by atoms with van der Waals surface area (Å²) in [6.07, 6.45) is 1.78. The van der Waals surface area contributed by atoms with E-state index in [4.69, 9.17) is 0 Å². The standard InChI is InChI=1S/C22H26N2O3/c1-18(25)24(20-10-6-3-7-11-20)22(21(26)27)13-16-23(17-14-22)15-12-19-8-4-2-5-9-19/h2-11H,12-17H2,1H3,(H,26,27). The van der Waals surface area contributed by atoms with E-state index in [1.54, 1.807) is 12.1 Å². The van der Waals surface area contributed by atoms with Crippen molar-refractivity contribution in [3.63, 3.8) is 0 Å². The third-order valence-corrected chi connectivity index (χ3v) is 5.40. The van der Waals surface area contributed by atoms with Gasteiger partial charge in [-0.3, -0.25) is 9.69 Å². The maximum Gasteiger partial charge on any atom is 0.330 e. The lowest BCUT2D eigenvalue weighted by molar-refractivity contribution is -0.147. The van der Waals surface area contributed by atoms with Crippen molar-refractivity contribution in [2.45, 2.75) is 31.7 Å². The molecule has 1 fully saturated rings. The van der Waals surface area contributed by atoms with E-state index >= 15 is 0 Å². The molecule has 1 aliphatic rings. The third-order valence-electron chi connectivity index (χ3n) is 5.40. The van der Waals surface area contributed by atoms with Crippen LogP contribution in [0.15, 0.2) is 60.7 Å². The molecular weight excluding hydrogens is 340 g/mol. The normalized spacial score (nSPS) is 16.6. The van der Waals surface area contributed by atoms with E-state index in [2.05, 4.69) is 17.0 Å². The topological polar surface area (TPSA) is 60.9 Å². The summed E-state index contributed by atoms with van der Waals surface area (Å²) in [6.45, 7) is 3.66. The number of aliphatic carboxylic acids is 1. The predicted octanol–water partition coefficient (Wildman–Crippen LogP) is 3.20. The van der Waals surface area contributed by atoms with Crippen molar-refractivity contribution in [1.82, 2.24) is 4.90 Å². The molecule has 0 radical (unpaired) electrons. The lowest BCUT2D eigenvalue weighted by Gasteiger charge is -2.45. The number of anilines is 1. The number of likely N-dealkylation sites (tertiary alicyclic amines) is 1. The van der Waals surface area contributed by atoms with Crippen LogP contribution in [0.25, 0.3) is 0 Å². The van der Waals surface area contributed by atoms with Gasteiger partial charge in [0.05, 0.1) is 0 Å². The Morgan fingerprint density at radius 3 is 2.07 bits per heavy atom. The van der Waals surface area contributed by atoms with E-state index in [1.807, 2.05) is 36.4 Å². The molecule has 1 aliphatic heterocycles. The molecule has 2 aromatic carbocycles. The minimum atomic E-state index is -1.18. The summed E-state index contributed by atoms with van der Waals surface area (Å²) in [5, 5.41) is 10.1. The highest BCUT2D eigenvalue weighted by molar-refractivity contribution is 6.00. The fourth-order valence-corrected chi connectivity index (χ4v) is 3.92. The molecule has 27 heavy (non-hydrogen) atoms. The Balaban J connectivity index is 1.73. The fraction of sp³-hybridized carbons (Fsp3) is 0.364. The number of benzene rings is 2. The third kappa shape index (κ3) is 4.19. The summed E-state index contributed by atoms with van der Waals surface area (Å²) in [7, 11) is 0. The van der Waals surface area contributed by atoms with Gasteiger partial charge >= 0.3 is 5.97 Å². The van der Waals surface area contributed by atoms with Crippen molar-refractivity contribution < 1.29 is 14.7 Å². The van der Waals surface area contributed by atoms with Gasteiger partial charge in [0.15, 0.2) is 0 Å². The number of carboxylic acid groups (broad SMARTS) is 1. The molecule has 5 heteroatoms. The van der Waals surface area contributed by atoms with Crippen molar-refractivity contribution in [3.05, 3.63) is 66.2 Å². The van der Waals surface area contributed by atoms with E-state index in [0.717, 1.165) is 13.0 Å². The minimum absolute atomic E-state index is 0.235. The van der Waals surface area contributed by atoms with Crippen LogP contribution in [-0.2, 0) is 16.0 Å². The average molecular weight is 366 g/mol. The molecule has 142 valence electrons. The number of carbonyl (C=O) groups is 2. The quantitative estimate of drug-likeness (QED) is 0.853. The summed E-state index contributed by atoms with van der Waals surface area (Å²) in [4.78, 5) is 28.4. The van der Waals surface area contributed by atoms with E-state index < -0.39 is 11.5 Å². The second-order valence-electron chi connectivity index (χ2n) is 7.10. The first-order valence-electron chi connectivity index (χ1n) is 9.38. The van der Waals surface area contributed by atoms with Crippen LogP contribution in [-0.4, -0.2) is 47.1 Å². The highest BCUT2D eigenvalue weighted by Crippen LogP contribution is 2.34. The van der Waals surface area contributed by atoms with E-state index in [-0.39, 0.29) is 5.91 Å². The summed E-state index contributed by atoms with van der Waals surface area (Å²) in [6, 6.07) is 19.4. The smallest absolute Gasteiger partial charge is 0.330 e. The number of nitrogens with zero attached hydrogens (tertiary/aromatic N) is 2. The van der Waals surface area contributed by atoms with Gasteiger partial charge in [0.25, 0.3) is 0 Å². The maximum absolute atomic E-state index is 12.4. The SMILES string of the molecule is CC(=O)N(c1ccccc1)C1(C(=O)O)CCN(CCc2ccccc2)CC1. The highest BCUT2D eigenvalue weighted by Gasteiger charge is 2.48. The van der Waals surface area contributed by atoms with Crippen LogP contribution < -0.4 is 4.90 Å². The molecule has 3 rings (SSSR count). The van der Waals surface area contributed by atoms with Crippen LogP contribution in [0.4, 0.5) is 5.69 Å². The Bertz CT molecular complexity index is 769. The number of carboxylic acids is 1. The van der Waals surface area contributed by atoms with Crippen LogP contribution in [0.3, 0.4) is 0 Å². The average Bonchev–Trinajstić information content (AvgIpc) is 2.69. The molecule has 1 heterocycles. The van der Waals surface area contributed by atoms with Crippen LogP contribution >= 0.6 is 0 Å². The van der Waals surface area contributed by atoms with Gasteiger partial charge in [0, 0.05) is 32.2 Å². The van der Waals surface area contributed by atoms with Gasteiger partial charge < -0.3 is 10.0 Å². The molecule has 1 N–H and O–H groups in total. The summed E-state index contributed by atoms with van der Waals surface area (Å²) in [5.74, 6) is -1.16. The summed E-state index contributed by atoms with van der Waals surface area (Å²) in [5.41, 5.74) is 0.739. The van der Waals surface area contributed by atoms with Crippen LogP contribution in [0.5, 0.6) is 0 Å². The zero-order chi connectivity index (χ0) is 19.3. The number of hydrogen-bond acceptors (Lipinski definition) is 3. The van der Waals surface area contributed by atoms with Crippen molar-refractivity contribution >= 4 is 17.6 Å². The predicted molar refractivity (Wildman–Crippen MR) is 106 cm³/mol. The number of hydrogen-bond donors (Lipinski definition) is 1. The van der Waals surface area contributed by atoms with Crippen LogP contribution in [0.2, 0.25) is 0 Å². The molecule has 0 unspecified atom stereocenters. The Hall–Kier alpha value is -2.66. The fourth-order valence-electron chi connectivity index (χ4n) is 3.92. The van der Waals surface area contributed by atoms with Crippen molar-refractivity contribution in [2.24, 2.45) is 0 Å². The molecular formula is C22H26N2O3. The number of para-hydroxylation sites is 1. The zero-order valence-electron chi connectivity index (χ0n) is 15.7. The molecule has 0 spiro atoms. The Morgan fingerprint density at radius 2 is 1.56 bits per heavy atom. The molecule has 1 saturated heterocycles. The monoisotopic (exact) mass is 366 g/mol. The van der Waals surface area contributed by atoms with Gasteiger partial charge in [-0.05, 0) is 37.0 Å². The van der Waals surface area contributed by atoms with Crippen molar-refractivity contribution in [3.8, 4) is 0 Å². The second kappa shape index (κ2) is 8.35. The Kier molecular flexibility index (Phi) is 5.91. The highest BCUT2D eigenvalue weighted by atomic mass is 16.4. The first-order valence-corrected chi connectivity index (χ1v) is 9.38. The van der Waals surface area contributed by atoms with Crippen molar-refractivity contribution in [1.29, 1.82) is 0 Å². The molecule has 2 aromatic rings. The van der Waals surface area contributed by atoms with Gasteiger partial charge in [0.2, 0.25) is 5.91 Å². The molecule has 5 nitrogen and oxygen atoms in total. The van der Waals surface area contributed by atoms with Gasteiger partial charge in [0.1, 0.15) is 5.54 Å². The van der Waals surface area contributed by atoms with Gasteiger partial charge in [-0.15, -0.1) is 0 Å². The number of piperidine rings is 1. The first kappa shape index (κ1) is 19.1. The number of carbonyl (C=O) groups excluding carboxylic acids is 1. The lowest BCUT2D eigenvalue weighted by atomic mass is 9.84. The van der Waals surface area contributed by atoms with E-state index in [9.17, 15) is 14.7 Å². The molecule has 1 amide bonds. The van der Waals surface area contributed by atoms with Gasteiger partial charge in [-0.25, -0.2) is 4.79 Å². The number of amides is 1. The summed E-state index contributed by atoms with van der Waals surface area (Å²) < 4.78 is 0.